The van der Waals surface area contributed by atoms with Crippen LogP contribution >= 0.6 is 11.8 Å². The quantitative estimate of drug-likeness (QED) is 0.0804. The highest BCUT2D eigenvalue weighted by Crippen LogP contribution is 2.47. The molecule has 2 aromatic heterocycles. The van der Waals surface area contributed by atoms with Crippen molar-refractivity contribution in [3.63, 3.8) is 0 Å². The van der Waals surface area contributed by atoms with Crippen LogP contribution in [0.15, 0.2) is 29.4 Å². The van der Waals surface area contributed by atoms with E-state index in [0.29, 0.717) is 47.2 Å². The first kappa shape index (κ1) is 35.2. The second-order valence-electron chi connectivity index (χ2n) is 13.7. The van der Waals surface area contributed by atoms with Crippen LogP contribution in [-0.4, -0.2) is 82.2 Å². The summed E-state index contributed by atoms with van der Waals surface area (Å²) in [6.07, 6.45) is -3.30. The molecular formula is C35H36F5N5O5S. The maximum Gasteiger partial charge on any atom is 0.573 e. The molecule has 2 saturated heterocycles. The van der Waals surface area contributed by atoms with Gasteiger partial charge in [0.25, 0.3) is 0 Å². The minimum Gasteiger partial charge on any atom is -0.468 e. The zero-order valence-electron chi connectivity index (χ0n) is 28.6. The van der Waals surface area contributed by atoms with Crippen LogP contribution in [0.5, 0.6) is 11.5 Å². The number of amides is 1. The first-order chi connectivity index (χ1) is 24.2. The molecule has 2 fully saturated rings. The molecule has 0 radical (unpaired) electrons. The third kappa shape index (κ3) is 6.56. The van der Waals surface area contributed by atoms with Crippen LogP contribution in [0, 0.1) is 11.6 Å². The fraction of sp³-hybridized carbons (Fsp3) is 0.486. The number of anilines is 1. The molecule has 272 valence electrons. The van der Waals surface area contributed by atoms with Gasteiger partial charge in [0.2, 0.25) is 0 Å². The average Bonchev–Trinajstić information content (AvgIpc) is 3.29. The number of nitrogens with zero attached hydrogens (tertiary/aromatic N) is 5. The number of thioether (sulfide) groups is 1. The van der Waals surface area contributed by atoms with Gasteiger partial charge in [0.05, 0.1) is 29.2 Å². The maximum atomic E-state index is 17.2. The Morgan fingerprint density at radius 1 is 1.02 bits per heavy atom. The van der Waals surface area contributed by atoms with Crippen molar-refractivity contribution in [2.45, 2.75) is 88.6 Å². The molecule has 3 aliphatic heterocycles. The fourth-order valence-electron chi connectivity index (χ4n) is 7.47. The molecule has 16 heteroatoms. The SMILES string of the molecule is CCSc1nc2c3c(nc(-c4cc(OCOC)cc5ccc(F)c(OC(F)(F)F)c45)c(F)c3n1)CC[C@@H]1[C@@H]3CC[C@H](CN21)N3C(=O)OC(C)(C)C. The predicted molar refractivity (Wildman–Crippen MR) is 180 cm³/mol. The lowest BCUT2D eigenvalue weighted by molar-refractivity contribution is -0.275. The van der Waals surface area contributed by atoms with Crippen molar-refractivity contribution in [1.29, 1.82) is 0 Å². The smallest absolute Gasteiger partial charge is 0.468 e. The summed E-state index contributed by atoms with van der Waals surface area (Å²) in [5.41, 5.74) is -0.860. The Morgan fingerprint density at radius 2 is 1.80 bits per heavy atom. The molecular weight excluding hydrogens is 697 g/mol. The van der Waals surface area contributed by atoms with E-state index in [-0.39, 0.29) is 64.3 Å². The normalized spacial score (nSPS) is 20.1. The molecule has 2 aromatic carbocycles. The highest BCUT2D eigenvalue weighted by Gasteiger charge is 2.51. The third-order valence-electron chi connectivity index (χ3n) is 9.26. The Labute approximate surface area is 294 Å². The van der Waals surface area contributed by atoms with Crippen LogP contribution in [0.3, 0.4) is 0 Å². The Kier molecular flexibility index (Phi) is 9.05. The number of carbonyl (C=O) groups is 1. The van der Waals surface area contributed by atoms with Crippen LogP contribution < -0.4 is 14.4 Å². The van der Waals surface area contributed by atoms with Crippen LogP contribution in [0.1, 0.15) is 52.7 Å². The highest BCUT2D eigenvalue weighted by molar-refractivity contribution is 7.99. The first-order valence-corrected chi connectivity index (χ1v) is 17.6. The molecule has 10 nitrogen and oxygen atoms in total. The van der Waals surface area contributed by atoms with E-state index >= 15 is 8.78 Å². The topological polar surface area (TPSA) is 99.1 Å². The minimum atomic E-state index is -5.25. The molecule has 0 unspecified atom stereocenters. The van der Waals surface area contributed by atoms with Crippen LogP contribution in [0.2, 0.25) is 0 Å². The van der Waals surface area contributed by atoms with Crippen molar-refractivity contribution in [3.8, 4) is 22.8 Å². The van der Waals surface area contributed by atoms with Crippen LogP contribution in [0.4, 0.5) is 32.6 Å². The number of carbonyl (C=O) groups excluding carboxylic acids is 1. The summed E-state index contributed by atoms with van der Waals surface area (Å²) in [5.74, 6) is -2.14. The van der Waals surface area contributed by atoms with Gasteiger partial charge in [0.1, 0.15) is 28.4 Å². The molecule has 0 spiro atoms. The van der Waals surface area contributed by atoms with E-state index in [9.17, 15) is 18.0 Å². The largest absolute Gasteiger partial charge is 0.573 e. The number of ether oxygens (including phenoxy) is 4. The lowest BCUT2D eigenvalue weighted by atomic mass is 9.97. The van der Waals surface area contributed by atoms with Crippen molar-refractivity contribution in [2.75, 3.05) is 31.1 Å². The van der Waals surface area contributed by atoms with Gasteiger partial charge in [-0.15, -0.1) is 13.2 Å². The van der Waals surface area contributed by atoms with Crippen molar-refractivity contribution >= 4 is 45.3 Å². The Bertz CT molecular complexity index is 2030. The Balaban J connectivity index is 1.43. The summed E-state index contributed by atoms with van der Waals surface area (Å²) in [5, 5.41) is 0.438. The summed E-state index contributed by atoms with van der Waals surface area (Å²) >= 11 is 1.31. The molecule has 3 atom stereocenters. The number of benzene rings is 2. The number of fused-ring (bicyclic) bond motifs is 6. The standard InChI is InChI=1S/C35H36F5N5O5S/c1-6-51-32-42-29-26-22(10-12-23-24-11-8-18(15-44(23)31(26)43-32)45(24)33(46)50-34(2,3)4)41-28(27(29)37)20-14-19(48-16-47-5)13-17-7-9-21(36)30(25(17)20)49-35(38,39)40/h7,9,13-14,18,23-24H,6,8,10-12,15-16H2,1-5H3/t18-,23-,24+/m1/s1. The summed E-state index contributed by atoms with van der Waals surface area (Å²) in [6, 6.07) is 4.20. The summed E-state index contributed by atoms with van der Waals surface area (Å²) in [4.78, 5) is 31.7. The number of rotatable bonds is 7. The van der Waals surface area contributed by atoms with Gasteiger partial charge in [-0.05, 0) is 75.8 Å². The number of aromatic nitrogens is 3. The second-order valence-corrected chi connectivity index (χ2v) is 14.9. The Hall–Kier alpha value is -4.18. The van der Waals surface area contributed by atoms with E-state index in [1.54, 1.807) is 0 Å². The van der Waals surface area contributed by atoms with Gasteiger partial charge in [-0.1, -0.05) is 24.8 Å². The number of aryl methyl sites for hydroxylation is 1. The highest BCUT2D eigenvalue weighted by atomic mass is 32.2. The van der Waals surface area contributed by atoms with Gasteiger partial charge in [-0.2, -0.15) is 0 Å². The van der Waals surface area contributed by atoms with Gasteiger partial charge in [-0.3, -0.25) is 4.90 Å². The molecule has 0 aliphatic carbocycles. The number of methoxy groups -OCH3 is 1. The summed E-state index contributed by atoms with van der Waals surface area (Å²) in [6.45, 7) is 7.60. The molecule has 0 saturated carbocycles. The number of halogens is 5. The maximum absolute atomic E-state index is 17.2. The minimum absolute atomic E-state index is 0.0652. The third-order valence-corrected chi connectivity index (χ3v) is 9.99. The van der Waals surface area contributed by atoms with Gasteiger partial charge in [-0.25, -0.2) is 28.5 Å². The number of hydrogen-bond donors (Lipinski definition) is 0. The van der Waals surface area contributed by atoms with Gasteiger partial charge < -0.3 is 23.8 Å². The van der Waals surface area contributed by atoms with Gasteiger partial charge in [0.15, 0.2) is 29.3 Å². The van der Waals surface area contributed by atoms with E-state index in [1.165, 1.54) is 37.1 Å². The number of alkyl halides is 3. The zero-order valence-corrected chi connectivity index (χ0v) is 29.4. The molecule has 1 amide bonds. The van der Waals surface area contributed by atoms with Gasteiger partial charge in [0, 0.05) is 24.6 Å². The van der Waals surface area contributed by atoms with E-state index in [0.717, 1.165) is 18.9 Å². The van der Waals surface area contributed by atoms with E-state index in [4.69, 9.17) is 24.2 Å². The molecule has 51 heavy (non-hydrogen) atoms. The number of piperazine rings is 1. The monoisotopic (exact) mass is 733 g/mol. The van der Waals surface area contributed by atoms with Crippen LogP contribution in [-0.2, 0) is 15.9 Å². The molecule has 3 aliphatic rings. The molecule has 7 rings (SSSR count). The second kappa shape index (κ2) is 13.1. The van der Waals surface area contributed by atoms with E-state index in [1.807, 2.05) is 32.6 Å². The van der Waals surface area contributed by atoms with E-state index in [2.05, 4.69) is 14.6 Å². The summed E-state index contributed by atoms with van der Waals surface area (Å²) < 4.78 is 93.9. The fourth-order valence-corrected chi connectivity index (χ4v) is 8.04. The lowest BCUT2D eigenvalue weighted by Crippen LogP contribution is -2.62. The predicted octanol–water partition coefficient (Wildman–Crippen LogP) is 8.02. The molecule has 5 heterocycles. The van der Waals surface area contributed by atoms with Crippen molar-refractivity contribution < 1.29 is 45.7 Å². The zero-order chi connectivity index (χ0) is 36.4. The van der Waals surface area contributed by atoms with Gasteiger partial charge >= 0.3 is 12.5 Å². The first-order valence-electron chi connectivity index (χ1n) is 16.6. The van der Waals surface area contributed by atoms with Crippen molar-refractivity contribution in [2.24, 2.45) is 0 Å². The Morgan fingerprint density at radius 3 is 2.51 bits per heavy atom. The average molecular weight is 734 g/mol. The lowest BCUT2D eigenvalue weighted by Gasteiger charge is -2.47. The summed E-state index contributed by atoms with van der Waals surface area (Å²) in [7, 11) is 1.39. The number of pyridine rings is 1. The van der Waals surface area contributed by atoms with Crippen LogP contribution in [0.25, 0.3) is 32.9 Å². The van der Waals surface area contributed by atoms with Crippen molar-refractivity contribution in [3.05, 3.63) is 41.6 Å². The van der Waals surface area contributed by atoms with E-state index < -0.39 is 29.3 Å². The molecule has 4 aromatic rings. The molecule has 2 bridgehead atoms. The molecule has 0 N–H and O–H groups in total. The number of hydrogen-bond acceptors (Lipinski definition) is 10. The van der Waals surface area contributed by atoms with Crippen molar-refractivity contribution in [1.82, 2.24) is 19.9 Å².